The zero-order valence-electron chi connectivity index (χ0n) is 11.8. The lowest BCUT2D eigenvalue weighted by Gasteiger charge is -2.39. The molecule has 1 atom stereocenters. The van der Waals surface area contributed by atoms with Gasteiger partial charge >= 0.3 is 0 Å². The molecule has 100 valence electrons. The van der Waals surface area contributed by atoms with E-state index < -0.39 is 13.9 Å². The van der Waals surface area contributed by atoms with Gasteiger partial charge < -0.3 is 4.43 Å². The van der Waals surface area contributed by atoms with Crippen molar-refractivity contribution in [3.63, 3.8) is 0 Å². The van der Waals surface area contributed by atoms with Crippen molar-refractivity contribution in [2.45, 2.75) is 45.4 Å². The summed E-state index contributed by atoms with van der Waals surface area (Å²) in [5.41, 5.74) is -0.923. The van der Waals surface area contributed by atoms with Crippen molar-refractivity contribution in [2.75, 3.05) is 4.95 Å². The Morgan fingerprint density at radius 1 is 1.33 bits per heavy atom. The predicted molar refractivity (Wildman–Crippen MR) is 86.0 cm³/mol. The normalized spacial score (nSPS) is 15.3. The van der Waals surface area contributed by atoms with Crippen LogP contribution in [0.4, 0.5) is 0 Å². The van der Waals surface area contributed by atoms with Gasteiger partial charge in [0.25, 0.3) is 0 Å². The van der Waals surface area contributed by atoms with Crippen LogP contribution in [-0.4, -0.2) is 18.9 Å². The maximum absolute atomic E-state index is 6.29. The SMILES string of the molecule is C#CC(C)(C)CC(C#C)(CC=C)O[Si](C)(C)CBr. The summed E-state index contributed by atoms with van der Waals surface area (Å²) in [7, 11) is -1.83. The average molecular weight is 327 g/mol. The molecule has 0 radical (unpaired) electrons. The second-order valence-corrected chi connectivity index (χ2v) is 11.5. The lowest BCUT2D eigenvalue weighted by molar-refractivity contribution is 0.0869. The van der Waals surface area contributed by atoms with Crippen LogP contribution in [0.15, 0.2) is 12.7 Å². The lowest BCUT2D eigenvalue weighted by atomic mass is 9.80. The van der Waals surface area contributed by atoms with Crippen molar-refractivity contribution >= 4 is 24.2 Å². The third-order valence-electron chi connectivity index (χ3n) is 2.65. The van der Waals surface area contributed by atoms with Crippen molar-refractivity contribution in [3.8, 4) is 24.7 Å². The van der Waals surface area contributed by atoms with Crippen molar-refractivity contribution in [2.24, 2.45) is 5.41 Å². The van der Waals surface area contributed by atoms with E-state index in [0.29, 0.717) is 12.8 Å². The molecule has 0 fully saturated rings. The van der Waals surface area contributed by atoms with Crippen LogP contribution in [0.5, 0.6) is 0 Å². The van der Waals surface area contributed by atoms with Crippen molar-refractivity contribution < 1.29 is 4.43 Å². The van der Waals surface area contributed by atoms with Gasteiger partial charge in [-0.15, -0.1) is 25.3 Å². The van der Waals surface area contributed by atoms with Gasteiger partial charge in [0, 0.05) is 23.2 Å². The molecule has 0 aromatic heterocycles. The summed E-state index contributed by atoms with van der Waals surface area (Å²) in [6.45, 7) is 12.1. The fourth-order valence-corrected chi connectivity index (χ4v) is 3.51. The van der Waals surface area contributed by atoms with E-state index in [0.717, 1.165) is 4.95 Å². The maximum Gasteiger partial charge on any atom is 0.199 e. The van der Waals surface area contributed by atoms with Gasteiger partial charge in [-0.25, -0.2) is 0 Å². The molecule has 0 spiro atoms. The summed E-state index contributed by atoms with van der Waals surface area (Å²) in [6.07, 6.45) is 14.4. The molecule has 1 nitrogen and oxygen atoms in total. The molecule has 0 saturated carbocycles. The van der Waals surface area contributed by atoms with Crippen LogP contribution in [0, 0.1) is 30.1 Å². The summed E-state index contributed by atoms with van der Waals surface area (Å²) >= 11 is 3.50. The van der Waals surface area contributed by atoms with Gasteiger partial charge in [0.1, 0.15) is 5.60 Å². The minimum absolute atomic E-state index is 0.286. The van der Waals surface area contributed by atoms with E-state index in [2.05, 4.69) is 47.4 Å². The average Bonchev–Trinajstić information content (AvgIpc) is 2.28. The lowest BCUT2D eigenvalue weighted by Crippen LogP contribution is -2.47. The molecule has 18 heavy (non-hydrogen) atoms. The molecular weight excluding hydrogens is 304 g/mol. The first-order valence-electron chi connectivity index (χ1n) is 5.98. The highest BCUT2D eigenvalue weighted by molar-refractivity contribution is 9.09. The van der Waals surface area contributed by atoms with E-state index >= 15 is 0 Å². The van der Waals surface area contributed by atoms with Gasteiger partial charge in [0.15, 0.2) is 8.32 Å². The molecule has 0 N–H and O–H groups in total. The van der Waals surface area contributed by atoms with Gasteiger partial charge in [-0.3, -0.25) is 0 Å². The zero-order chi connectivity index (χ0) is 14.4. The number of hydrogen-bond donors (Lipinski definition) is 0. The highest BCUT2D eigenvalue weighted by Gasteiger charge is 2.39. The molecule has 3 heteroatoms. The summed E-state index contributed by atoms with van der Waals surface area (Å²) < 4.78 is 6.29. The van der Waals surface area contributed by atoms with Gasteiger partial charge in [-0.2, -0.15) is 0 Å². The van der Waals surface area contributed by atoms with Gasteiger partial charge in [0.05, 0.1) is 0 Å². The molecule has 0 aliphatic rings. The highest BCUT2D eigenvalue weighted by atomic mass is 79.9. The number of alkyl halides is 1. The number of hydrogen-bond acceptors (Lipinski definition) is 1. The quantitative estimate of drug-likeness (QED) is 0.296. The van der Waals surface area contributed by atoms with Crippen molar-refractivity contribution in [3.05, 3.63) is 12.7 Å². The molecule has 0 amide bonds. The fourth-order valence-electron chi connectivity index (χ4n) is 1.84. The van der Waals surface area contributed by atoms with Gasteiger partial charge in [-0.05, 0) is 26.9 Å². The van der Waals surface area contributed by atoms with Crippen LogP contribution in [0.2, 0.25) is 13.1 Å². The Labute approximate surface area is 122 Å². The van der Waals surface area contributed by atoms with Crippen LogP contribution in [0.25, 0.3) is 0 Å². The van der Waals surface area contributed by atoms with E-state index in [1.165, 1.54) is 0 Å². The van der Waals surface area contributed by atoms with Gasteiger partial charge in [-0.1, -0.05) is 27.9 Å². The second kappa shape index (κ2) is 6.62. The minimum atomic E-state index is -1.83. The summed E-state index contributed by atoms with van der Waals surface area (Å²) in [5.74, 6) is 5.61. The van der Waals surface area contributed by atoms with E-state index in [9.17, 15) is 0 Å². The third-order valence-corrected chi connectivity index (χ3v) is 8.29. The Bertz CT molecular complexity index is 373. The van der Waals surface area contributed by atoms with Crippen LogP contribution >= 0.6 is 15.9 Å². The van der Waals surface area contributed by atoms with Crippen LogP contribution in [0.1, 0.15) is 26.7 Å². The first-order valence-corrected chi connectivity index (χ1v) is 10.2. The first kappa shape index (κ1) is 17.5. The number of rotatable bonds is 7. The molecule has 0 aliphatic carbocycles. The molecule has 0 aromatic rings. The molecule has 0 heterocycles. The summed E-state index contributed by atoms with van der Waals surface area (Å²) in [4.78, 5) is 0.844. The predicted octanol–water partition coefficient (Wildman–Crippen LogP) is 4.14. The molecule has 0 saturated heterocycles. The standard InChI is InChI=1S/C15H23BrOSi/c1-8-11-15(10-3,12-14(4,5)9-2)17-18(6,7)13-16/h2-3,8H,1,11-13H2,4-7H3. The first-order chi connectivity index (χ1) is 8.16. The molecule has 0 aliphatic heterocycles. The summed E-state index contributed by atoms with van der Waals surface area (Å²) in [6, 6.07) is 0. The Morgan fingerprint density at radius 3 is 2.22 bits per heavy atom. The topological polar surface area (TPSA) is 9.23 Å². The van der Waals surface area contributed by atoms with Crippen molar-refractivity contribution in [1.82, 2.24) is 0 Å². The van der Waals surface area contributed by atoms with Crippen molar-refractivity contribution in [1.29, 1.82) is 0 Å². The zero-order valence-corrected chi connectivity index (χ0v) is 14.4. The van der Waals surface area contributed by atoms with Crippen LogP contribution in [0.3, 0.4) is 0 Å². The Hall–Kier alpha value is -0.483. The maximum atomic E-state index is 6.29. The largest absolute Gasteiger partial charge is 0.400 e. The van der Waals surface area contributed by atoms with Gasteiger partial charge in [0.2, 0.25) is 0 Å². The molecule has 0 bridgehead atoms. The van der Waals surface area contributed by atoms with Crippen LogP contribution < -0.4 is 0 Å². The Morgan fingerprint density at radius 2 is 1.89 bits per heavy atom. The monoisotopic (exact) mass is 326 g/mol. The molecule has 0 aromatic carbocycles. The summed E-state index contributed by atoms with van der Waals surface area (Å²) in [5, 5.41) is 0. The van der Waals surface area contributed by atoms with E-state index in [-0.39, 0.29) is 5.41 Å². The van der Waals surface area contributed by atoms with E-state index in [4.69, 9.17) is 17.3 Å². The molecular formula is C15H23BrOSi. The second-order valence-electron chi connectivity index (χ2n) is 5.83. The smallest absolute Gasteiger partial charge is 0.199 e. The number of halogens is 1. The number of terminal acetylenes is 2. The Kier molecular flexibility index (Phi) is 6.44. The van der Waals surface area contributed by atoms with Crippen LogP contribution in [-0.2, 0) is 4.43 Å². The minimum Gasteiger partial charge on any atom is -0.400 e. The fraction of sp³-hybridized carbons (Fsp3) is 0.600. The Balaban J connectivity index is 5.26. The molecule has 0 rings (SSSR count). The third kappa shape index (κ3) is 5.44. The van der Waals surface area contributed by atoms with E-state index in [1.54, 1.807) is 0 Å². The van der Waals surface area contributed by atoms with E-state index in [1.807, 2.05) is 19.9 Å². The molecule has 1 unspecified atom stereocenters. The highest BCUT2D eigenvalue weighted by Crippen LogP contribution is 2.35.